The Balaban J connectivity index is 1.24. The topological polar surface area (TPSA) is 8.82 Å². The maximum absolute atomic E-state index is 2.58. The minimum Gasteiger partial charge on any atom is -0.305 e. The Morgan fingerprint density at radius 1 is 0.233 bits per heavy atom. The first-order valence-corrected chi connectivity index (χ1v) is 23.3. The van der Waals surface area contributed by atoms with Crippen molar-refractivity contribution in [3.05, 3.63) is 194 Å². The van der Waals surface area contributed by atoms with Crippen LogP contribution in [0.15, 0.2) is 194 Å². The molecule has 4 aromatic heterocycles. The molecule has 0 aliphatic carbocycles. The molecule has 13 rings (SSSR count). The van der Waals surface area contributed by atoms with Crippen LogP contribution in [-0.4, -0.2) is 8.80 Å². The zero-order valence-corrected chi connectivity index (χ0v) is 35.3. The smallest absolute Gasteiger partial charge is 0.0838 e. The predicted octanol–water partition coefficient (Wildman–Crippen LogP) is 17.1. The first kappa shape index (κ1) is 34.3. The van der Waals surface area contributed by atoms with Crippen molar-refractivity contribution in [3.63, 3.8) is 0 Å². The van der Waals surface area contributed by atoms with E-state index in [0.717, 1.165) is 0 Å². The Hall–Kier alpha value is -6.54. The SMILES string of the molecule is c1ccc(-c2ccc3c(c2)sc2c4sc5cc(-c6ccccc6)ccc5n5c6ccc(-c7ccccc7)cc6sc(c6sc7cc(-c8ccccc8)ccc7n3c26)c45)cc1. The molecule has 0 unspecified atom stereocenters. The number of hydrogen-bond donors (Lipinski definition) is 0. The van der Waals surface area contributed by atoms with E-state index in [1.807, 2.05) is 45.3 Å². The van der Waals surface area contributed by atoms with Crippen molar-refractivity contribution in [2.24, 2.45) is 0 Å². The molecule has 13 aromatic rings. The predicted molar refractivity (Wildman–Crippen MR) is 264 cm³/mol. The highest BCUT2D eigenvalue weighted by atomic mass is 32.1. The van der Waals surface area contributed by atoms with Crippen LogP contribution in [0, 0.1) is 0 Å². The van der Waals surface area contributed by atoms with Crippen LogP contribution < -0.4 is 0 Å². The molecule has 4 heterocycles. The fourth-order valence-corrected chi connectivity index (χ4v) is 14.2. The van der Waals surface area contributed by atoms with Crippen molar-refractivity contribution in [1.82, 2.24) is 8.80 Å². The van der Waals surface area contributed by atoms with Crippen molar-refractivity contribution < 1.29 is 0 Å². The first-order valence-electron chi connectivity index (χ1n) is 20.1. The molecule has 0 bridgehead atoms. The van der Waals surface area contributed by atoms with Gasteiger partial charge < -0.3 is 8.80 Å². The molecule has 0 spiro atoms. The molecule has 282 valence electrons. The van der Waals surface area contributed by atoms with Gasteiger partial charge in [0.2, 0.25) is 0 Å². The van der Waals surface area contributed by atoms with E-state index in [9.17, 15) is 0 Å². The van der Waals surface area contributed by atoms with Crippen LogP contribution in [0.3, 0.4) is 0 Å². The lowest BCUT2D eigenvalue weighted by atomic mass is 10.0. The molecule has 0 aliphatic heterocycles. The van der Waals surface area contributed by atoms with Crippen molar-refractivity contribution in [2.75, 3.05) is 0 Å². The molecule has 0 saturated heterocycles. The van der Waals surface area contributed by atoms with Gasteiger partial charge in [0.25, 0.3) is 0 Å². The molecule has 0 N–H and O–H groups in total. The van der Waals surface area contributed by atoms with Crippen LogP contribution in [0.5, 0.6) is 0 Å². The largest absolute Gasteiger partial charge is 0.305 e. The van der Waals surface area contributed by atoms with E-state index in [2.05, 4.69) is 203 Å². The van der Waals surface area contributed by atoms with Crippen LogP contribution in [0.2, 0.25) is 0 Å². The third-order valence-electron chi connectivity index (χ3n) is 11.8. The summed E-state index contributed by atoms with van der Waals surface area (Å²) in [5, 5.41) is 0. The summed E-state index contributed by atoms with van der Waals surface area (Å²) in [5.41, 5.74) is 17.3. The highest BCUT2D eigenvalue weighted by Gasteiger charge is 2.23. The Morgan fingerprint density at radius 3 is 0.700 bits per heavy atom. The Labute approximate surface area is 361 Å². The molecule has 0 amide bonds. The second-order valence-electron chi connectivity index (χ2n) is 15.3. The van der Waals surface area contributed by atoms with Gasteiger partial charge in [-0.05, 0) is 93.0 Å². The molecule has 6 heteroatoms. The van der Waals surface area contributed by atoms with Crippen LogP contribution in [0.25, 0.3) is 115 Å². The average Bonchev–Trinajstić information content (AvgIpc) is 3.32. The van der Waals surface area contributed by atoms with Crippen LogP contribution in [0.4, 0.5) is 0 Å². The molecular formula is C54H32N2S4. The van der Waals surface area contributed by atoms with E-state index in [1.54, 1.807) is 0 Å². The van der Waals surface area contributed by atoms with E-state index >= 15 is 0 Å². The van der Waals surface area contributed by atoms with Crippen LogP contribution in [-0.2, 0) is 0 Å². The Bertz CT molecular complexity index is 3360. The molecular weight excluding hydrogens is 805 g/mol. The lowest BCUT2D eigenvalue weighted by Gasteiger charge is -2.21. The van der Waals surface area contributed by atoms with Gasteiger partial charge in [-0.3, -0.25) is 0 Å². The Kier molecular flexibility index (Phi) is 7.72. The number of nitrogens with zero attached hydrogens (tertiary/aromatic N) is 2. The maximum Gasteiger partial charge on any atom is 0.0838 e. The van der Waals surface area contributed by atoms with Crippen molar-refractivity contribution in [3.8, 4) is 44.5 Å². The molecule has 9 aromatic carbocycles. The summed E-state index contributed by atoms with van der Waals surface area (Å²) in [4.78, 5) is 0. The summed E-state index contributed by atoms with van der Waals surface area (Å²) >= 11 is 7.75. The van der Waals surface area contributed by atoms with Crippen molar-refractivity contribution in [1.29, 1.82) is 0 Å². The zero-order chi connectivity index (χ0) is 39.3. The van der Waals surface area contributed by atoms with Gasteiger partial charge in [-0.15, -0.1) is 45.3 Å². The normalized spacial score (nSPS) is 12.0. The number of rotatable bonds is 4. The average molecular weight is 837 g/mol. The molecule has 2 nitrogen and oxygen atoms in total. The fraction of sp³-hybridized carbons (Fsp3) is 0. The summed E-state index contributed by atoms with van der Waals surface area (Å²) in [5.74, 6) is 0. The zero-order valence-electron chi connectivity index (χ0n) is 32.0. The monoisotopic (exact) mass is 836 g/mol. The number of benzene rings is 9. The first-order chi connectivity index (χ1) is 29.7. The standard InChI is InChI=1S/C54H32N2S4/c1-5-13-33(14-6-1)37-21-25-41-45(29-37)57-51-49-53(59-46-30-38(22-26-42(46)55(41)49)34-15-7-2-8-16-34)54-50-52(51)58-47-31-39(35-17-9-3-10-18-35)23-27-43(47)56(50)44-28-24-40(32-48(44)60-54)36-19-11-4-12-20-36/h1-32H. The minimum atomic E-state index is 1.23. The quantitative estimate of drug-likeness (QED) is 0.123. The van der Waals surface area contributed by atoms with E-state index in [4.69, 9.17) is 0 Å². The van der Waals surface area contributed by atoms with Gasteiger partial charge in [0.05, 0.1) is 70.7 Å². The minimum absolute atomic E-state index is 1.23. The molecule has 0 fully saturated rings. The van der Waals surface area contributed by atoms with E-state index in [1.165, 1.54) is 115 Å². The highest BCUT2D eigenvalue weighted by Crippen LogP contribution is 2.50. The van der Waals surface area contributed by atoms with E-state index in [0.29, 0.717) is 0 Å². The summed E-state index contributed by atoms with van der Waals surface area (Å²) < 4.78 is 15.5. The molecule has 0 saturated carbocycles. The van der Waals surface area contributed by atoms with Crippen molar-refractivity contribution >= 4 is 116 Å². The maximum atomic E-state index is 2.58. The fourth-order valence-electron chi connectivity index (χ4n) is 8.97. The summed E-state index contributed by atoms with van der Waals surface area (Å²) in [7, 11) is 0. The highest BCUT2D eigenvalue weighted by molar-refractivity contribution is 7.36. The summed E-state index contributed by atoms with van der Waals surface area (Å²) in [6.45, 7) is 0. The van der Waals surface area contributed by atoms with Gasteiger partial charge in [0, 0.05) is 0 Å². The molecule has 0 radical (unpaired) electrons. The third kappa shape index (κ3) is 5.28. The van der Waals surface area contributed by atoms with Gasteiger partial charge >= 0.3 is 0 Å². The summed E-state index contributed by atoms with van der Waals surface area (Å²) in [6, 6.07) is 71.4. The van der Waals surface area contributed by atoms with Gasteiger partial charge in [0.1, 0.15) is 0 Å². The molecule has 60 heavy (non-hydrogen) atoms. The third-order valence-corrected chi connectivity index (χ3v) is 16.7. The van der Waals surface area contributed by atoms with E-state index in [-0.39, 0.29) is 0 Å². The second-order valence-corrected chi connectivity index (χ2v) is 19.5. The second kappa shape index (κ2) is 13.5. The molecule has 0 aliphatic rings. The summed E-state index contributed by atoms with van der Waals surface area (Å²) in [6.07, 6.45) is 0. The number of aromatic nitrogens is 2. The number of hydrogen-bond acceptors (Lipinski definition) is 4. The lowest BCUT2D eigenvalue weighted by molar-refractivity contribution is 1.33. The van der Waals surface area contributed by atoms with Gasteiger partial charge in [-0.1, -0.05) is 146 Å². The van der Waals surface area contributed by atoms with Crippen LogP contribution >= 0.6 is 45.3 Å². The van der Waals surface area contributed by atoms with Gasteiger partial charge in [0.15, 0.2) is 0 Å². The lowest BCUT2D eigenvalue weighted by Crippen LogP contribution is -1.99. The Morgan fingerprint density at radius 2 is 0.467 bits per heavy atom. The number of fused-ring (bicyclic) bond motifs is 10. The van der Waals surface area contributed by atoms with Crippen LogP contribution in [0.1, 0.15) is 0 Å². The van der Waals surface area contributed by atoms with E-state index < -0.39 is 0 Å². The van der Waals surface area contributed by atoms with Crippen molar-refractivity contribution in [2.45, 2.75) is 0 Å². The van der Waals surface area contributed by atoms with Gasteiger partial charge in [-0.25, -0.2) is 0 Å². The molecule has 0 atom stereocenters. The van der Waals surface area contributed by atoms with Gasteiger partial charge in [-0.2, -0.15) is 0 Å².